The van der Waals surface area contributed by atoms with E-state index in [2.05, 4.69) is 46.5 Å². The van der Waals surface area contributed by atoms with Gasteiger partial charge in [-0.3, -0.25) is 9.69 Å². The van der Waals surface area contributed by atoms with Gasteiger partial charge in [0.1, 0.15) is 6.61 Å². The van der Waals surface area contributed by atoms with E-state index in [1.165, 1.54) is 6.21 Å². The predicted octanol–water partition coefficient (Wildman–Crippen LogP) is 2.90. The molecule has 2 fully saturated rings. The number of piperazine rings is 1. The zero-order valence-corrected chi connectivity index (χ0v) is 20.6. The zero-order chi connectivity index (χ0) is 25.0. The molecule has 0 bridgehead atoms. The lowest BCUT2D eigenvalue weighted by atomic mass is 9.70. The maximum Gasteiger partial charge on any atom is 0.195 e. The van der Waals surface area contributed by atoms with Crippen molar-refractivity contribution in [3.8, 4) is 11.8 Å². The van der Waals surface area contributed by atoms with E-state index in [1.807, 2.05) is 24.3 Å². The van der Waals surface area contributed by atoms with Crippen LogP contribution in [0.2, 0.25) is 0 Å². The van der Waals surface area contributed by atoms with Gasteiger partial charge in [-0.1, -0.05) is 37.8 Å². The highest BCUT2D eigenvalue weighted by Crippen LogP contribution is 2.45. The molecule has 3 N–H and O–H groups in total. The number of anilines is 1. The number of carbonyl (C=O) groups is 1. The number of nitrogens with one attached hydrogen (secondary N) is 2. The van der Waals surface area contributed by atoms with E-state index in [1.54, 1.807) is 0 Å². The first-order valence-corrected chi connectivity index (χ1v) is 12.5. The number of fused-ring (bicyclic) bond motifs is 4. The summed E-state index contributed by atoms with van der Waals surface area (Å²) >= 11 is 0. The van der Waals surface area contributed by atoms with Gasteiger partial charge in [-0.2, -0.15) is 0 Å². The first-order chi connectivity index (χ1) is 17.4. The number of carbonyl (C=O) groups excluding carboxylic acids is 1. The van der Waals surface area contributed by atoms with Crippen molar-refractivity contribution in [1.29, 1.82) is 5.41 Å². The van der Waals surface area contributed by atoms with E-state index in [4.69, 9.17) is 10.1 Å². The number of benzene rings is 2. The highest BCUT2D eigenvalue weighted by atomic mass is 16.5. The van der Waals surface area contributed by atoms with Gasteiger partial charge in [-0.25, -0.2) is 0 Å². The summed E-state index contributed by atoms with van der Waals surface area (Å²) in [6.07, 6.45) is 1.32. The molecule has 2 aliphatic heterocycles. The Balaban J connectivity index is 1.45. The number of H-pyrrole nitrogens is 1. The van der Waals surface area contributed by atoms with Crippen molar-refractivity contribution in [3.05, 3.63) is 63.8 Å². The number of rotatable bonds is 3. The number of aliphatic hydroxyl groups is 1. The monoisotopic (exact) mass is 482 g/mol. The topological polar surface area (TPSA) is 92.7 Å². The minimum atomic E-state index is -0.425. The average molecular weight is 483 g/mol. The third-order valence-corrected chi connectivity index (χ3v) is 7.99. The molecule has 0 radical (unpaired) electrons. The Kier molecular flexibility index (Phi) is 5.49. The molecule has 3 aromatic rings. The van der Waals surface area contributed by atoms with E-state index >= 15 is 0 Å². The fourth-order valence-corrected chi connectivity index (χ4v) is 5.83. The molecule has 2 saturated heterocycles. The number of aromatic nitrogens is 1. The van der Waals surface area contributed by atoms with Crippen LogP contribution in [0.4, 0.5) is 5.69 Å². The number of ketones is 1. The fraction of sp³-hybridized carbons (Fsp3) is 0.379. The molecule has 2 aromatic carbocycles. The minimum absolute atomic E-state index is 0.0124. The number of aromatic amines is 1. The first-order valence-electron chi connectivity index (χ1n) is 12.5. The zero-order valence-electron chi connectivity index (χ0n) is 20.6. The quantitative estimate of drug-likeness (QED) is 0.394. The highest BCUT2D eigenvalue weighted by Gasteiger charge is 2.41. The predicted molar refractivity (Wildman–Crippen MR) is 141 cm³/mol. The summed E-state index contributed by atoms with van der Waals surface area (Å²) in [5.41, 5.74) is 6.29. The van der Waals surface area contributed by atoms with Crippen LogP contribution < -0.4 is 4.90 Å². The molecule has 36 heavy (non-hydrogen) atoms. The van der Waals surface area contributed by atoms with Crippen LogP contribution in [0.15, 0.2) is 30.3 Å². The maximum atomic E-state index is 13.9. The molecule has 184 valence electrons. The molecule has 7 nitrogen and oxygen atoms in total. The van der Waals surface area contributed by atoms with Crippen LogP contribution in [0.5, 0.6) is 0 Å². The second-order valence-electron chi connectivity index (χ2n) is 10.4. The van der Waals surface area contributed by atoms with Crippen LogP contribution in [0.1, 0.15) is 52.2 Å². The van der Waals surface area contributed by atoms with E-state index in [0.29, 0.717) is 17.2 Å². The number of hydrogen-bond donors (Lipinski definition) is 3. The summed E-state index contributed by atoms with van der Waals surface area (Å²) in [6.45, 7) is 9.38. The molecule has 1 aromatic heterocycles. The normalized spacial score (nSPS) is 19.3. The van der Waals surface area contributed by atoms with Crippen LogP contribution >= 0.6 is 0 Å². The smallest absolute Gasteiger partial charge is 0.195 e. The van der Waals surface area contributed by atoms with Gasteiger partial charge in [0.2, 0.25) is 0 Å². The second kappa shape index (κ2) is 8.59. The molecule has 6 rings (SSSR count). The summed E-state index contributed by atoms with van der Waals surface area (Å²) in [7, 11) is 0. The van der Waals surface area contributed by atoms with Gasteiger partial charge in [-0.05, 0) is 29.3 Å². The van der Waals surface area contributed by atoms with Crippen LogP contribution in [0.25, 0.3) is 10.9 Å². The van der Waals surface area contributed by atoms with Crippen molar-refractivity contribution < 1.29 is 14.6 Å². The number of hydrogen-bond acceptors (Lipinski definition) is 6. The van der Waals surface area contributed by atoms with E-state index in [9.17, 15) is 9.90 Å². The van der Waals surface area contributed by atoms with Crippen molar-refractivity contribution in [2.24, 2.45) is 0 Å². The van der Waals surface area contributed by atoms with Crippen molar-refractivity contribution in [3.63, 3.8) is 0 Å². The first kappa shape index (κ1) is 23.0. The van der Waals surface area contributed by atoms with Crippen LogP contribution in [-0.4, -0.2) is 79.0 Å². The molecule has 3 heterocycles. The van der Waals surface area contributed by atoms with Crippen molar-refractivity contribution in [2.45, 2.75) is 25.3 Å². The summed E-state index contributed by atoms with van der Waals surface area (Å²) < 4.78 is 5.38. The molecule has 3 aliphatic rings. The Morgan fingerprint density at radius 1 is 1.19 bits per heavy atom. The van der Waals surface area contributed by atoms with Crippen molar-refractivity contribution in [2.75, 3.05) is 50.9 Å². The van der Waals surface area contributed by atoms with Crippen molar-refractivity contribution in [1.82, 2.24) is 9.88 Å². The number of ether oxygens (including phenoxy) is 1. The van der Waals surface area contributed by atoms with Crippen LogP contribution in [0, 0.1) is 17.3 Å². The minimum Gasteiger partial charge on any atom is -0.384 e. The van der Waals surface area contributed by atoms with Gasteiger partial charge in [0, 0.05) is 65.5 Å². The standard InChI is InChI=1S/C29H30N4O3/c1-29(2)23-14-25(33-9-7-32(8-10-33)20-16-36-17-20)19(4-3-11-34)13-22(23)27(35)26-21-6-5-18(15-30)12-24(21)31-28(26)29/h5-6,12-15,20,30-31,34H,7-11,16-17H2,1-2H3. The van der Waals surface area contributed by atoms with Crippen molar-refractivity contribution >= 4 is 28.6 Å². The molecule has 0 amide bonds. The lowest BCUT2D eigenvalue weighted by Gasteiger charge is -2.43. The van der Waals surface area contributed by atoms with Gasteiger partial charge >= 0.3 is 0 Å². The summed E-state index contributed by atoms with van der Waals surface area (Å²) in [5.74, 6) is 5.91. The van der Waals surface area contributed by atoms with Gasteiger partial charge in [0.05, 0.1) is 30.5 Å². The third kappa shape index (κ3) is 3.48. The average Bonchev–Trinajstić information content (AvgIpc) is 3.25. The number of aliphatic hydroxyl groups excluding tert-OH is 1. The maximum absolute atomic E-state index is 13.9. The van der Waals surface area contributed by atoms with E-state index in [-0.39, 0.29) is 12.4 Å². The Morgan fingerprint density at radius 3 is 2.64 bits per heavy atom. The highest BCUT2D eigenvalue weighted by molar-refractivity contribution is 6.20. The van der Waals surface area contributed by atoms with Crippen LogP contribution in [0.3, 0.4) is 0 Å². The Morgan fingerprint density at radius 2 is 1.97 bits per heavy atom. The Bertz CT molecular complexity index is 1450. The molecular formula is C29H30N4O3. The molecule has 0 saturated carbocycles. The molecule has 1 aliphatic carbocycles. The molecule has 0 spiro atoms. The Labute approximate surface area is 210 Å². The van der Waals surface area contributed by atoms with E-state index in [0.717, 1.165) is 78.4 Å². The second-order valence-corrected chi connectivity index (χ2v) is 10.4. The molecule has 7 heteroatoms. The summed E-state index contributed by atoms with van der Waals surface area (Å²) in [6, 6.07) is 10.3. The van der Waals surface area contributed by atoms with Gasteiger partial charge in [-0.15, -0.1) is 0 Å². The fourth-order valence-electron chi connectivity index (χ4n) is 5.83. The lowest BCUT2D eigenvalue weighted by molar-refractivity contribution is -0.0660. The van der Waals surface area contributed by atoms with Gasteiger partial charge in [0.15, 0.2) is 5.78 Å². The van der Waals surface area contributed by atoms with Gasteiger partial charge < -0.3 is 25.1 Å². The number of nitrogens with zero attached hydrogens (tertiary/aromatic N) is 2. The summed E-state index contributed by atoms with van der Waals surface area (Å²) in [5, 5.41) is 17.9. The molecule has 0 unspecified atom stereocenters. The lowest BCUT2D eigenvalue weighted by Crippen LogP contribution is -2.56. The SMILES string of the molecule is CC1(C)c2cc(N3CCN(C4COC4)CC3)c(C#CCO)cc2C(=O)c2c1[nH]c1cc(C=N)ccc21. The molecule has 0 atom stereocenters. The van der Waals surface area contributed by atoms with E-state index < -0.39 is 5.41 Å². The van der Waals surface area contributed by atoms with Gasteiger partial charge in [0.25, 0.3) is 0 Å². The summed E-state index contributed by atoms with van der Waals surface area (Å²) in [4.78, 5) is 22.3. The molecular weight excluding hydrogens is 452 g/mol. The largest absolute Gasteiger partial charge is 0.384 e. The van der Waals surface area contributed by atoms with Crippen LogP contribution in [-0.2, 0) is 10.2 Å². The Hall–Kier alpha value is -3.44. The third-order valence-electron chi connectivity index (χ3n) is 7.99.